The molecule has 62 valence electrons. The molecule has 2 aliphatic carbocycles. The molecule has 1 aromatic rings. The Bertz CT molecular complexity index is 367. The fourth-order valence-electron chi connectivity index (χ4n) is 2.24. The molecule has 0 radical (unpaired) electrons. The van der Waals surface area contributed by atoms with Gasteiger partial charge in [0.15, 0.2) is 0 Å². The Labute approximate surface area is 69.4 Å². The molecule has 3 rings (SSSR count). The van der Waals surface area contributed by atoms with Crippen LogP contribution < -0.4 is 0 Å². The van der Waals surface area contributed by atoms with Gasteiger partial charge in [0.05, 0.1) is 0 Å². The molecule has 1 heterocycles. The van der Waals surface area contributed by atoms with Crippen molar-refractivity contribution in [1.82, 2.24) is 4.98 Å². The van der Waals surface area contributed by atoms with Crippen LogP contribution in [0.2, 0.25) is 0 Å². The number of carboxylic acid groups (broad SMARTS) is 1. The summed E-state index contributed by atoms with van der Waals surface area (Å²) in [6, 6.07) is 1.80. The summed E-state index contributed by atoms with van der Waals surface area (Å²) in [7, 11) is 0. The van der Waals surface area contributed by atoms with E-state index in [1.807, 2.05) is 0 Å². The zero-order valence-corrected chi connectivity index (χ0v) is 6.50. The van der Waals surface area contributed by atoms with Gasteiger partial charge in [0.25, 0.3) is 0 Å². The van der Waals surface area contributed by atoms with E-state index >= 15 is 0 Å². The number of H-pyrrole nitrogens is 1. The highest BCUT2D eigenvalue weighted by atomic mass is 16.4. The third kappa shape index (κ3) is 0.636. The van der Waals surface area contributed by atoms with E-state index in [0.717, 1.165) is 18.0 Å². The molecule has 0 aromatic carbocycles. The largest absolute Gasteiger partial charge is 0.477 e. The summed E-state index contributed by atoms with van der Waals surface area (Å²) >= 11 is 0. The van der Waals surface area contributed by atoms with E-state index in [9.17, 15) is 4.79 Å². The maximum absolute atomic E-state index is 10.6. The summed E-state index contributed by atoms with van der Waals surface area (Å²) in [4.78, 5) is 13.5. The first-order valence-corrected chi connectivity index (χ1v) is 4.21. The molecule has 0 bridgehead atoms. The Balaban J connectivity index is 2.08. The molecule has 3 nitrogen and oxygen atoms in total. The quantitative estimate of drug-likeness (QED) is 0.657. The van der Waals surface area contributed by atoms with E-state index < -0.39 is 5.97 Å². The average molecular weight is 163 g/mol. The van der Waals surface area contributed by atoms with Gasteiger partial charge in [0, 0.05) is 5.69 Å². The zero-order chi connectivity index (χ0) is 8.29. The van der Waals surface area contributed by atoms with Crippen LogP contribution in [0.4, 0.5) is 0 Å². The Morgan fingerprint density at radius 2 is 2.50 bits per heavy atom. The number of hydrogen-bond acceptors (Lipinski definition) is 1. The predicted molar refractivity (Wildman–Crippen MR) is 42.3 cm³/mol. The van der Waals surface area contributed by atoms with Gasteiger partial charge >= 0.3 is 5.97 Å². The smallest absolute Gasteiger partial charge is 0.352 e. The van der Waals surface area contributed by atoms with E-state index in [4.69, 9.17) is 5.11 Å². The molecule has 0 aliphatic heterocycles. The SMILES string of the molecule is O=C(O)c1cc2c([nH]1)CC1CC21. The van der Waals surface area contributed by atoms with Crippen molar-refractivity contribution in [2.45, 2.75) is 18.8 Å². The molecule has 1 aromatic heterocycles. The summed E-state index contributed by atoms with van der Waals surface area (Å²) < 4.78 is 0. The summed E-state index contributed by atoms with van der Waals surface area (Å²) in [5.74, 6) is 0.667. The van der Waals surface area contributed by atoms with Crippen LogP contribution in [0.3, 0.4) is 0 Å². The molecule has 3 heteroatoms. The van der Waals surface area contributed by atoms with E-state index in [2.05, 4.69) is 4.98 Å². The first-order valence-electron chi connectivity index (χ1n) is 4.21. The van der Waals surface area contributed by atoms with Gasteiger partial charge in [-0.3, -0.25) is 0 Å². The van der Waals surface area contributed by atoms with Crippen molar-refractivity contribution >= 4 is 5.97 Å². The summed E-state index contributed by atoms with van der Waals surface area (Å²) in [6.07, 6.45) is 2.33. The van der Waals surface area contributed by atoms with Crippen molar-refractivity contribution in [1.29, 1.82) is 0 Å². The Kier molecular flexibility index (Phi) is 0.908. The number of aromatic nitrogens is 1. The number of fused-ring (bicyclic) bond motifs is 3. The Morgan fingerprint density at radius 1 is 1.67 bits per heavy atom. The number of rotatable bonds is 1. The van der Waals surface area contributed by atoms with E-state index in [1.165, 1.54) is 12.0 Å². The minimum absolute atomic E-state index is 0.352. The molecule has 1 fully saturated rings. The minimum Gasteiger partial charge on any atom is -0.477 e. The second kappa shape index (κ2) is 1.73. The number of nitrogens with one attached hydrogen (secondary N) is 1. The molecule has 2 atom stereocenters. The molecule has 12 heavy (non-hydrogen) atoms. The lowest BCUT2D eigenvalue weighted by Gasteiger charge is -1.90. The molecule has 2 unspecified atom stereocenters. The van der Waals surface area contributed by atoms with Crippen molar-refractivity contribution < 1.29 is 9.90 Å². The van der Waals surface area contributed by atoms with Crippen LogP contribution in [0.15, 0.2) is 6.07 Å². The number of carboxylic acids is 1. The lowest BCUT2D eigenvalue weighted by molar-refractivity contribution is 0.0691. The van der Waals surface area contributed by atoms with Gasteiger partial charge in [-0.05, 0) is 36.3 Å². The number of hydrogen-bond donors (Lipinski definition) is 2. The van der Waals surface area contributed by atoms with Crippen LogP contribution in [0.5, 0.6) is 0 Å². The average Bonchev–Trinajstić information content (AvgIpc) is 2.54. The Hall–Kier alpha value is -1.25. The van der Waals surface area contributed by atoms with Gasteiger partial charge in [-0.1, -0.05) is 0 Å². The normalized spacial score (nSPS) is 29.7. The molecular formula is C9H9NO2. The summed E-state index contributed by atoms with van der Waals surface area (Å²) in [6.45, 7) is 0. The van der Waals surface area contributed by atoms with Crippen LogP contribution >= 0.6 is 0 Å². The monoisotopic (exact) mass is 163 g/mol. The zero-order valence-electron chi connectivity index (χ0n) is 6.50. The van der Waals surface area contributed by atoms with Crippen molar-refractivity contribution in [2.24, 2.45) is 5.92 Å². The highest BCUT2D eigenvalue weighted by molar-refractivity contribution is 5.86. The number of aromatic carboxylic acids is 1. The molecule has 0 saturated heterocycles. The fourth-order valence-corrected chi connectivity index (χ4v) is 2.24. The minimum atomic E-state index is -0.846. The number of carbonyl (C=O) groups is 1. The highest BCUT2D eigenvalue weighted by Gasteiger charge is 2.46. The van der Waals surface area contributed by atoms with E-state index in [-0.39, 0.29) is 0 Å². The van der Waals surface area contributed by atoms with Crippen molar-refractivity contribution in [3.05, 3.63) is 23.0 Å². The van der Waals surface area contributed by atoms with Crippen molar-refractivity contribution in [3.8, 4) is 0 Å². The van der Waals surface area contributed by atoms with Crippen molar-refractivity contribution in [2.75, 3.05) is 0 Å². The molecule has 0 amide bonds. The highest BCUT2D eigenvalue weighted by Crippen LogP contribution is 2.56. The van der Waals surface area contributed by atoms with Gasteiger partial charge in [-0.25, -0.2) is 4.79 Å². The van der Waals surface area contributed by atoms with Gasteiger partial charge in [0.1, 0.15) is 5.69 Å². The Morgan fingerprint density at radius 3 is 3.17 bits per heavy atom. The van der Waals surface area contributed by atoms with Crippen LogP contribution in [0.1, 0.15) is 34.1 Å². The van der Waals surface area contributed by atoms with Gasteiger partial charge in [-0.2, -0.15) is 0 Å². The topological polar surface area (TPSA) is 53.1 Å². The second-order valence-corrected chi connectivity index (χ2v) is 3.73. The van der Waals surface area contributed by atoms with Gasteiger partial charge in [-0.15, -0.1) is 0 Å². The summed E-state index contributed by atoms with van der Waals surface area (Å²) in [5, 5.41) is 8.71. The molecule has 2 N–H and O–H groups in total. The van der Waals surface area contributed by atoms with Gasteiger partial charge in [0.2, 0.25) is 0 Å². The van der Waals surface area contributed by atoms with Crippen LogP contribution in [-0.4, -0.2) is 16.1 Å². The third-order valence-corrected chi connectivity index (χ3v) is 2.95. The fraction of sp³-hybridized carbons (Fsp3) is 0.444. The van der Waals surface area contributed by atoms with Crippen molar-refractivity contribution in [3.63, 3.8) is 0 Å². The summed E-state index contributed by atoms with van der Waals surface area (Å²) in [5.41, 5.74) is 2.77. The first kappa shape index (κ1) is 6.29. The molecule has 0 spiro atoms. The lowest BCUT2D eigenvalue weighted by atomic mass is 10.2. The van der Waals surface area contributed by atoms with E-state index in [0.29, 0.717) is 11.6 Å². The first-order chi connectivity index (χ1) is 5.75. The maximum atomic E-state index is 10.6. The van der Waals surface area contributed by atoms with Crippen LogP contribution in [0, 0.1) is 5.92 Å². The third-order valence-electron chi connectivity index (χ3n) is 2.95. The maximum Gasteiger partial charge on any atom is 0.352 e. The number of aromatic amines is 1. The van der Waals surface area contributed by atoms with Crippen LogP contribution in [-0.2, 0) is 6.42 Å². The molecular weight excluding hydrogens is 154 g/mol. The standard InChI is InChI=1S/C9H9NO2/c11-9(12)8-3-6-5-1-4(5)2-7(6)10-8/h3-5,10H,1-2H2,(H,11,12). The molecule has 2 aliphatic rings. The van der Waals surface area contributed by atoms with Gasteiger partial charge < -0.3 is 10.1 Å². The second-order valence-electron chi connectivity index (χ2n) is 3.73. The molecule has 1 saturated carbocycles. The van der Waals surface area contributed by atoms with Crippen LogP contribution in [0.25, 0.3) is 0 Å². The lowest BCUT2D eigenvalue weighted by Crippen LogP contribution is -1.96. The van der Waals surface area contributed by atoms with E-state index in [1.54, 1.807) is 6.07 Å². The predicted octanol–water partition coefficient (Wildman–Crippen LogP) is 1.37.